The Morgan fingerprint density at radius 2 is 1.62 bits per heavy atom. The van der Waals surface area contributed by atoms with Crippen LogP contribution in [0.3, 0.4) is 0 Å². The Kier molecular flexibility index (Phi) is 7.99. The highest BCUT2D eigenvalue weighted by Crippen LogP contribution is 2.23. The molecule has 3 nitrogen and oxygen atoms in total. The van der Waals surface area contributed by atoms with E-state index in [1.807, 2.05) is 0 Å². The van der Waals surface area contributed by atoms with Gasteiger partial charge < -0.3 is 15.9 Å². The first-order valence-corrected chi connectivity index (χ1v) is 4.84. The van der Waals surface area contributed by atoms with Crippen LogP contribution in [0.2, 0.25) is 0 Å². The summed E-state index contributed by atoms with van der Waals surface area (Å²) in [6.07, 6.45) is 6.95. The van der Waals surface area contributed by atoms with Gasteiger partial charge in [0.05, 0.1) is 13.2 Å². The summed E-state index contributed by atoms with van der Waals surface area (Å²) in [5.74, 6) is 0.754. The van der Waals surface area contributed by atoms with Gasteiger partial charge in [-0.25, -0.2) is 0 Å². The van der Waals surface area contributed by atoms with Crippen LogP contribution >= 0.6 is 0 Å². The van der Waals surface area contributed by atoms with Gasteiger partial charge in [0.2, 0.25) is 0 Å². The van der Waals surface area contributed by atoms with Crippen LogP contribution in [0.25, 0.3) is 0 Å². The second-order valence-corrected chi connectivity index (χ2v) is 3.36. The maximum atomic E-state index is 7.62. The Bertz CT molecular complexity index is 118. The van der Waals surface area contributed by atoms with Gasteiger partial charge in [-0.1, -0.05) is 6.08 Å². The van der Waals surface area contributed by atoms with E-state index in [0.29, 0.717) is 6.04 Å². The summed E-state index contributed by atoms with van der Waals surface area (Å²) in [6.45, 7) is 3.52. The molecule has 0 unspecified atom stereocenters. The molecule has 1 rings (SSSR count). The van der Waals surface area contributed by atoms with Gasteiger partial charge in [-0.05, 0) is 31.6 Å². The molecule has 13 heavy (non-hydrogen) atoms. The van der Waals surface area contributed by atoms with E-state index in [2.05, 4.69) is 12.7 Å². The van der Waals surface area contributed by atoms with Gasteiger partial charge in [0, 0.05) is 6.04 Å². The van der Waals surface area contributed by atoms with Crippen LogP contribution in [0, 0.1) is 5.92 Å². The van der Waals surface area contributed by atoms with Crippen molar-refractivity contribution in [2.75, 3.05) is 13.2 Å². The molecule has 0 aromatic carbocycles. The predicted octanol–water partition coefficient (Wildman–Crippen LogP) is 0.661. The van der Waals surface area contributed by atoms with Crippen molar-refractivity contribution in [2.24, 2.45) is 11.7 Å². The van der Waals surface area contributed by atoms with Crippen LogP contribution < -0.4 is 5.73 Å². The first-order valence-electron chi connectivity index (χ1n) is 4.84. The van der Waals surface area contributed by atoms with Crippen molar-refractivity contribution in [1.29, 1.82) is 0 Å². The molecule has 3 heteroatoms. The highest BCUT2D eigenvalue weighted by atomic mass is 16.3. The van der Waals surface area contributed by atoms with Crippen LogP contribution in [0.1, 0.15) is 25.7 Å². The minimum atomic E-state index is -0.125. The average molecular weight is 187 g/mol. The maximum absolute atomic E-state index is 7.62. The molecule has 0 aliphatic heterocycles. The lowest BCUT2D eigenvalue weighted by atomic mass is 9.87. The van der Waals surface area contributed by atoms with E-state index in [4.69, 9.17) is 15.9 Å². The van der Waals surface area contributed by atoms with Crippen molar-refractivity contribution < 1.29 is 10.2 Å². The van der Waals surface area contributed by atoms with Crippen molar-refractivity contribution in [3.63, 3.8) is 0 Å². The fourth-order valence-corrected chi connectivity index (χ4v) is 1.38. The van der Waals surface area contributed by atoms with Gasteiger partial charge in [-0.15, -0.1) is 6.58 Å². The minimum absolute atomic E-state index is 0.125. The lowest BCUT2D eigenvalue weighted by molar-refractivity contribution is 0.186. The molecule has 0 aromatic rings. The molecule has 0 saturated heterocycles. The van der Waals surface area contributed by atoms with E-state index in [1.165, 1.54) is 25.7 Å². The molecule has 78 valence electrons. The Labute approximate surface area is 80.3 Å². The lowest BCUT2D eigenvalue weighted by Gasteiger charge is -2.22. The molecule has 4 N–H and O–H groups in total. The molecule has 0 spiro atoms. The third-order valence-corrected chi connectivity index (χ3v) is 2.25. The first kappa shape index (κ1) is 12.6. The topological polar surface area (TPSA) is 66.5 Å². The highest BCUT2D eigenvalue weighted by Gasteiger charge is 2.14. The smallest absolute Gasteiger partial charge is 0.0662 e. The molecule has 1 aliphatic carbocycles. The van der Waals surface area contributed by atoms with Crippen LogP contribution in [0.5, 0.6) is 0 Å². The molecular formula is C10H21NO2. The summed E-state index contributed by atoms with van der Waals surface area (Å²) in [7, 11) is 0. The first-order chi connectivity index (χ1) is 6.24. The largest absolute Gasteiger partial charge is 0.394 e. The summed E-state index contributed by atoms with van der Waals surface area (Å²) in [5, 5.41) is 15.2. The Hall–Kier alpha value is -0.380. The second-order valence-electron chi connectivity index (χ2n) is 3.36. The van der Waals surface area contributed by atoms with E-state index >= 15 is 0 Å². The van der Waals surface area contributed by atoms with Gasteiger partial charge >= 0.3 is 0 Å². The maximum Gasteiger partial charge on any atom is 0.0662 e. The molecule has 0 bridgehead atoms. The van der Waals surface area contributed by atoms with E-state index in [0.717, 1.165) is 5.92 Å². The minimum Gasteiger partial charge on any atom is -0.394 e. The van der Waals surface area contributed by atoms with E-state index in [1.54, 1.807) is 0 Å². The standard InChI is InChI=1S/C8H15N.C2H6O2/c1-2-7-3-5-8(9)6-4-7;3-1-2-4/h2,7-8H,1,3-6,9H2;3-4H,1-2H2. The number of rotatable bonds is 2. The third-order valence-electron chi connectivity index (χ3n) is 2.25. The molecule has 1 fully saturated rings. The zero-order valence-corrected chi connectivity index (χ0v) is 8.15. The van der Waals surface area contributed by atoms with Gasteiger partial charge in [-0.2, -0.15) is 0 Å². The Morgan fingerprint density at radius 3 is 1.92 bits per heavy atom. The number of hydrogen-bond donors (Lipinski definition) is 3. The molecule has 0 aromatic heterocycles. The monoisotopic (exact) mass is 187 g/mol. The zero-order chi connectivity index (χ0) is 10.1. The van der Waals surface area contributed by atoms with Gasteiger partial charge in [0.1, 0.15) is 0 Å². The van der Waals surface area contributed by atoms with Crippen LogP contribution in [0.15, 0.2) is 12.7 Å². The summed E-state index contributed by atoms with van der Waals surface area (Å²) >= 11 is 0. The zero-order valence-electron chi connectivity index (χ0n) is 8.15. The van der Waals surface area contributed by atoms with Crippen LogP contribution in [0.4, 0.5) is 0 Å². The van der Waals surface area contributed by atoms with Crippen molar-refractivity contribution in [2.45, 2.75) is 31.7 Å². The summed E-state index contributed by atoms with van der Waals surface area (Å²) in [5.41, 5.74) is 5.72. The molecule has 1 saturated carbocycles. The average Bonchev–Trinajstić information content (AvgIpc) is 2.19. The second kappa shape index (κ2) is 8.23. The Morgan fingerprint density at radius 1 is 1.15 bits per heavy atom. The third kappa shape index (κ3) is 6.75. The summed E-state index contributed by atoms with van der Waals surface area (Å²) in [4.78, 5) is 0. The van der Waals surface area contributed by atoms with Crippen molar-refractivity contribution in [3.05, 3.63) is 12.7 Å². The number of aliphatic hydroxyl groups is 2. The van der Waals surface area contributed by atoms with Crippen LogP contribution in [-0.4, -0.2) is 29.5 Å². The number of nitrogens with two attached hydrogens (primary N) is 1. The quantitative estimate of drug-likeness (QED) is 0.556. The fraction of sp³-hybridized carbons (Fsp3) is 0.800. The van der Waals surface area contributed by atoms with E-state index in [-0.39, 0.29) is 13.2 Å². The molecule has 0 atom stereocenters. The number of hydrogen-bond acceptors (Lipinski definition) is 3. The van der Waals surface area contributed by atoms with E-state index in [9.17, 15) is 0 Å². The van der Waals surface area contributed by atoms with Crippen molar-refractivity contribution in [1.82, 2.24) is 0 Å². The van der Waals surface area contributed by atoms with Crippen molar-refractivity contribution in [3.8, 4) is 0 Å². The Balaban J connectivity index is 0.000000310. The molecule has 0 heterocycles. The van der Waals surface area contributed by atoms with E-state index < -0.39 is 0 Å². The molecule has 0 radical (unpaired) electrons. The highest BCUT2D eigenvalue weighted by molar-refractivity contribution is 4.84. The van der Waals surface area contributed by atoms with Crippen molar-refractivity contribution >= 4 is 0 Å². The predicted molar refractivity (Wildman–Crippen MR) is 54.3 cm³/mol. The normalized spacial score (nSPS) is 27.3. The number of allylic oxidation sites excluding steroid dienone is 1. The van der Waals surface area contributed by atoms with Gasteiger partial charge in [-0.3, -0.25) is 0 Å². The SMILES string of the molecule is C=CC1CCC(N)CC1.OCCO. The lowest BCUT2D eigenvalue weighted by Crippen LogP contribution is -2.25. The fourth-order valence-electron chi connectivity index (χ4n) is 1.38. The molecular weight excluding hydrogens is 166 g/mol. The summed E-state index contributed by atoms with van der Waals surface area (Å²) in [6, 6.07) is 0.473. The van der Waals surface area contributed by atoms with Gasteiger partial charge in [0.25, 0.3) is 0 Å². The van der Waals surface area contributed by atoms with Crippen LogP contribution in [-0.2, 0) is 0 Å². The molecule has 1 aliphatic rings. The van der Waals surface area contributed by atoms with Gasteiger partial charge in [0.15, 0.2) is 0 Å². The summed E-state index contributed by atoms with van der Waals surface area (Å²) < 4.78 is 0. The molecule has 0 amide bonds. The number of aliphatic hydroxyl groups excluding tert-OH is 2.